The molecule has 0 bridgehead atoms. The molecule has 21 heavy (non-hydrogen) atoms. The topological polar surface area (TPSA) is 46.6 Å². The Morgan fingerprint density at radius 2 is 2.19 bits per heavy atom. The standard InChI is InChI=1S/C14H19BrClNO3S/c1-3-10-5-4-6-17(9-10)21(18,19)13-8-11(16)7-12(15)14(13)20-2/h7-8,10H,3-6,9H2,1-2H3. The van der Waals surface area contributed by atoms with E-state index >= 15 is 0 Å². The van der Waals surface area contributed by atoms with Crippen molar-refractivity contribution in [2.45, 2.75) is 31.1 Å². The highest BCUT2D eigenvalue weighted by Gasteiger charge is 2.32. The van der Waals surface area contributed by atoms with Gasteiger partial charge in [0.25, 0.3) is 0 Å². The third kappa shape index (κ3) is 3.55. The maximum absolute atomic E-state index is 12.9. The van der Waals surface area contributed by atoms with Gasteiger partial charge in [-0.1, -0.05) is 24.9 Å². The minimum Gasteiger partial charge on any atom is -0.494 e. The van der Waals surface area contributed by atoms with Crippen molar-refractivity contribution in [2.75, 3.05) is 20.2 Å². The summed E-state index contributed by atoms with van der Waals surface area (Å²) in [6, 6.07) is 3.08. The number of sulfonamides is 1. The van der Waals surface area contributed by atoms with E-state index in [1.165, 1.54) is 13.2 Å². The molecule has 0 N–H and O–H groups in total. The van der Waals surface area contributed by atoms with Crippen LogP contribution in [0.4, 0.5) is 0 Å². The summed E-state index contributed by atoms with van der Waals surface area (Å²) in [5.74, 6) is 0.722. The molecule has 0 spiro atoms. The van der Waals surface area contributed by atoms with Gasteiger partial charge in [-0.15, -0.1) is 0 Å². The van der Waals surface area contributed by atoms with Gasteiger partial charge < -0.3 is 4.74 Å². The molecule has 1 aliphatic rings. The molecule has 0 amide bonds. The average Bonchev–Trinajstić information content (AvgIpc) is 2.46. The highest BCUT2D eigenvalue weighted by molar-refractivity contribution is 9.10. The zero-order chi connectivity index (χ0) is 15.6. The Labute approximate surface area is 139 Å². The van der Waals surface area contributed by atoms with Gasteiger partial charge in [0.15, 0.2) is 5.75 Å². The molecule has 1 saturated heterocycles. The van der Waals surface area contributed by atoms with E-state index in [1.54, 1.807) is 10.4 Å². The van der Waals surface area contributed by atoms with Crippen molar-refractivity contribution >= 4 is 37.6 Å². The van der Waals surface area contributed by atoms with Gasteiger partial charge in [-0.05, 0) is 46.8 Å². The largest absolute Gasteiger partial charge is 0.494 e. The Hall–Kier alpha value is -0.300. The summed E-state index contributed by atoms with van der Waals surface area (Å²) >= 11 is 9.32. The third-order valence-electron chi connectivity index (χ3n) is 3.86. The van der Waals surface area contributed by atoms with Crippen LogP contribution in [0.2, 0.25) is 5.02 Å². The van der Waals surface area contributed by atoms with Crippen molar-refractivity contribution in [1.29, 1.82) is 0 Å². The van der Waals surface area contributed by atoms with Crippen LogP contribution in [0.15, 0.2) is 21.5 Å². The van der Waals surface area contributed by atoms with Crippen LogP contribution in [0.25, 0.3) is 0 Å². The highest BCUT2D eigenvalue weighted by Crippen LogP contribution is 2.37. The van der Waals surface area contributed by atoms with Gasteiger partial charge in [-0.25, -0.2) is 8.42 Å². The number of hydrogen-bond donors (Lipinski definition) is 0. The van der Waals surface area contributed by atoms with Crippen molar-refractivity contribution in [3.63, 3.8) is 0 Å². The van der Waals surface area contributed by atoms with Gasteiger partial charge in [-0.3, -0.25) is 0 Å². The lowest BCUT2D eigenvalue weighted by molar-refractivity contribution is 0.260. The van der Waals surface area contributed by atoms with Gasteiger partial charge >= 0.3 is 0 Å². The molecule has 7 heteroatoms. The number of ether oxygens (including phenoxy) is 1. The second-order valence-electron chi connectivity index (χ2n) is 5.20. The first-order chi connectivity index (χ1) is 9.90. The summed E-state index contributed by atoms with van der Waals surface area (Å²) in [5.41, 5.74) is 0. The molecule has 1 unspecified atom stereocenters. The third-order valence-corrected chi connectivity index (χ3v) is 6.53. The second kappa shape index (κ2) is 6.86. The number of methoxy groups -OCH3 is 1. The smallest absolute Gasteiger partial charge is 0.246 e. The van der Waals surface area contributed by atoms with E-state index in [0.29, 0.717) is 34.3 Å². The van der Waals surface area contributed by atoms with Gasteiger partial charge in [0.1, 0.15) is 4.90 Å². The summed E-state index contributed by atoms with van der Waals surface area (Å²) in [4.78, 5) is 0.126. The molecule has 1 fully saturated rings. The predicted molar refractivity (Wildman–Crippen MR) is 87.5 cm³/mol. The first-order valence-corrected chi connectivity index (χ1v) is 9.54. The summed E-state index contributed by atoms with van der Waals surface area (Å²) < 4.78 is 33.1. The highest BCUT2D eigenvalue weighted by atomic mass is 79.9. The van der Waals surface area contributed by atoms with E-state index in [4.69, 9.17) is 16.3 Å². The van der Waals surface area contributed by atoms with Gasteiger partial charge in [0.2, 0.25) is 10.0 Å². The Morgan fingerprint density at radius 1 is 1.48 bits per heavy atom. The molecule has 0 aliphatic carbocycles. The molecule has 4 nitrogen and oxygen atoms in total. The fraction of sp³-hybridized carbons (Fsp3) is 0.571. The lowest BCUT2D eigenvalue weighted by Gasteiger charge is -2.31. The van der Waals surface area contributed by atoms with E-state index in [0.717, 1.165) is 19.3 Å². The zero-order valence-corrected chi connectivity index (χ0v) is 15.3. The Balaban J connectivity index is 2.44. The number of piperidine rings is 1. The van der Waals surface area contributed by atoms with Crippen molar-refractivity contribution in [3.05, 3.63) is 21.6 Å². The van der Waals surface area contributed by atoms with Gasteiger partial charge in [-0.2, -0.15) is 4.31 Å². The van der Waals surface area contributed by atoms with Crippen molar-refractivity contribution in [2.24, 2.45) is 5.92 Å². The molecular weight excluding hydrogens is 378 g/mol. The van der Waals surface area contributed by atoms with E-state index in [1.807, 2.05) is 0 Å². The Morgan fingerprint density at radius 3 is 2.81 bits per heavy atom. The molecule has 1 aromatic rings. The molecule has 1 aromatic carbocycles. The number of hydrogen-bond acceptors (Lipinski definition) is 3. The monoisotopic (exact) mass is 395 g/mol. The van der Waals surface area contributed by atoms with E-state index in [-0.39, 0.29) is 4.90 Å². The fourth-order valence-electron chi connectivity index (χ4n) is 2.64. The molecule has 0 aromatic heterocycles. The van der Waals surface area contributed by atoms with E-state index in [2.05, 4.69) is 22.9 Å². The molecule has 0 radical (unpaired) electrons. The van der Waals surface area contributed by atoms with Crippen LogP contribution in [0.1, 0.15) is 26.2 Å². The van der Waals surface area contributed by atoms with Crippen molar-refractivity contribution in [1.82, 2.24) is 4.31 Å². The van der Waals surface area contributed by atoms with Crippen LogP contribution in [-0.2, 0) is 10.0 Å². The van der Waals surface area contributed by atoms with Crippen LogP contribution in [0, 0.1) is 5.92 Å². The minimum atomic E-state index is -3.60. The van der Waals surface area contributed by atoms with Crippen LogP contribution in [0.3, 0.4) is 0 Å². The van der Waals surface area contributed by atoms with Gasteiger partial charge in [0.05, 0.1) is 11.6 Å². The normalized spacial score (nSPS) is 20.5. The van der Waals surface area contributed by atoms with Crippen molar-refractivity contribution in [3.8, 4) is 5.75 Å². The average molecular weight is 397 g/mol. The Kier molecular flexibility index (Phi) is 5.57. The summed E-state index contributed by atoms with van der Waals surface area (Å²) in [7, 11) is -2.14. The first kappa shape index (κ1) is 17.1. The molecule has 1 heterocycles. The zero-order valence-electron chi connectivity index (χ0n) is 12.1. The van der Waals surface area contributed by atoms with Crippen LogP contribution < -0.4 is 4.74 Å². The Bertz CT molecular complexity index is 621. The number of halogens is 2. The molecule has 0 saturated carbocycles. The summed E-state index contributed by atoms with van der Waals surface area (Å²) in [5, 5.41) is 0.366. The molecule has 118 valence electrons. The SMILES string of the molecule is CCC1CCCN(S(=O)(=O)c2cc(Cl)cc(Br)c2OC)C1. The molecular formula is C14H19BrClNO3S. The molecule has 1 aliphatic heterocycles. The van der Waals surface area contributed by atoms with E-state index in [9.17, 15) is 8.42 Å². The van der Waals surface area contributed by atoms with Crippen LogP contribution >= 0.6 is 27.5 Å². The quantitative estimate of drug-likeness (QED) is 0.775. The lowest BCUT2D eigenvalue weighted by Crippen LogP contribution is -2.39. The molecule has 1 atom stereocenters. The fourth-order valence-corrected chi connectivity index (χ4v) is 5.57. The summed E-state index contributed by atoms with van der Waals surface area (Å²) in [6.07, 6.45) is 2.96. The minimum absolute atomic E-state index is 0.126. The van der Waals surface area contributed by atoms with Gasteiger partial charge in [0, 0.05) is 18.1 Å². The number of rotatable bonds is 4. The second-order valence-corrected chi connectivity index (χ2v) is 8.40. The van der Waals surface area contributed by atoms with Crippen molar-refractivity contribution < 1.29 is 13.2 Å². The van der Waals surface area contributed by atoms with E-state index < -0.39 is 10.0 Å². The number of benzene rings is 1. The van der Waals surface area contributed by atoms with Crippen LogP contribution in [0.5, 0.6) is 5.75 Å². The first-order valence-electron chi connectivity index (χ1n) is 6.93. The summed E-state index contributed by atoms with van der Waals surface area (Å²) in [6.45, 7) is 3.20. The van der Waals surface area contributed by atoms with Crippen LogP contribution in [-0.4, -0.2) is 32.9 Å². The lowest BCUT2D eigenvalue weighted by atomic mass is 9.97. The maximum Gasteiger partial charge on any atom is 0.246 e. The molecule has 2 rings (SSSR count). The number of nitrogens with zero attached hydrogens (tertiary/aromatic N) is 1. The maximum atomic E-state index is 12.9. The predicted octanol–water partition coefficient (Wildman–Crippen LogP) is 3.92.